The topological polar surface area (TPSA) is 221 Å². The molecule has 1 aromatic heterocycles. The molecule has 0 radical (unpaired) electrons. The van der Waals surface area contributed by atoms with Crippen LogP contribution in [0.3, 0.4) is 0 Å². The molecule has 1 aromatic rings. The molecule has 61 heavy (non-hydrogen) atoms. The van der Waals surface area contributed by atoms with Gasteiger partial charge >= 0.3 is 5.97 Å². The van der Waals surface area contributed by atoms with Crippen LogP contribution in [-0.4, -0.2) is 116 Å². The van der Waals surface area contributed by atoms with E-state index in [2.05, 4.69) is 20.6 Å². The second kappa shape index (κ2) is 40.8. The third kappa shape index (κ3) is 38.2. The van der Waals surface area contributed by atoms with Gasteiger partial charge in [-0.25, -0.2) is 4.98 Å². The summed E-state index contributed by atoms with van der Waals surface area (Å²) in [6.07, 6.45) is 27.8. The van der Waals surface area contributed by atoms with Crippen molar-refractivity contribution in [3.05, 3.63) is 18.2 Å². The van der Waals surface area contributed by atoms with Gasteiger partial charge in [-0.2, -0.15) is 0 Å². The molecule has 15 heteroatoms. The lowest BCUT2D eigenvalue weighted by Gasteiger charge is -2.16. The van der Waals surface area contributed by atoms with Gasteiger partial charge < -0.3 is 45.4 Å². The molecule has 0 aromatic carbocycles. The number of aliphatic carboxylic acids is 1. The third-order valence-corrected chi connectivity index (χ3v) is 10.7. The van der Waals surface area contributed by atoms with Crippen molar-refractivity contribution in [2.75, 3.05) is 65.9 Å². The summed E-state index contributed by atoms with van der Waals surface area (Å²) in [5.74, 6) is -0.611. The first-order valence-electron chi connectivity index (χ1n) is 23.5. The number of Topliss-reactive ketones (excluding diaryl/α,β-unsaturated/α-hetero) is 2. The number of carbonyl (C=O) groups excluding carboxylic acids is 4. The number of carboxylic acids is 1. The lowest BCUT2D eigenvalue weighted by Crippen LogP contribution is -2.31. The predicted molar refractivity (Wildman–Crippen MR) is 237 cm³/mol. The lowest BCUT2D eigenvalue weighted by atomic mass is 9.91. The van der Waals surface area contributed by atoms with E-state index in [4.69, 9.17) is 29.8 Å². The van der Waals surface area contributed by atoms with E-state index in [1.807, 2.05) is 0 Å². The van der Waals surface area contributed by atoms with Gasteiger partial charge in [-0.05, 0) is 51.9 Å². The molecular formula is C46H83N5O10. The molecule has 0 aliphatic heterocycles. The minimum atomic E-state index is -0.690. The molecular weight excluding hydrogens is 783 g/mol. The number of hydrogen-bond donors (Lipinski definition) is 5. The number of amides is 2. The minimum Gasteiger partial charge on any atom is -0.481 e. The predicted octanol–water partition coefficient (Wildman–Crippen LogP) is 6.80. The van der Waals surface area contributed by atoms with Crippen LogP contribution in [0.1, 0.15) is 167 Å². The van der Waals surface area contributed by atoms with E-state index in [-0.39, 0.29) is 49.4 Å². The number of ketones is 2. The molecule has 0 aliphatic carbocycles. The summed E-state index contributed by atoms with van der Waals surface area (Å²) in [5, 5.41) is 14.2. The highest BCUT2D eigenvalue weighted by Crippen LogP contribution is 2.19. The second-order valence-corrected chi connectivity index (χ2v) is 16.3. The van der Waals surface area contributed by atoms with Crippen molar-refractivity contribution in [2.24, 2.45) is 11.7 Å². The van der Waals surface area contributed by atoms with Crippen LogP contribution in [0.15, 0.2) is 12.5 Å². The van der Waals surface area contributed by atoms with Crippen LogP contribution in [0.5, 0.6) is 0 Å². The summed E-state index contributed by atoms with van der Waals surface area (Å²) in [5.41, 5.74) is 7.24. The number of nitrogens with zero attached hydrogens (tertiary/aromatic N) is 1. The Balaban J connectivity index is 1.80. The highest BCUT2D eigenvalue weighted by molar-refractivity contribution is 5.79. The fourth-order valence-electron chi connectivity index (χ4n) is 7.05. The van der Waals surface area contributed by atoms with Crippen LogP contribution in [-0.2, 0) is 49.3 Å². The van der Waals surface area contributed by atoms with Crippen LogP contribution in [0.2, 0.25) is 0 Å². The zero-order chi connectivity index (χ0) is 44.4. The normalized spacial score (nSPS) is 12.3. The number of ether oxygens (including phenoxy) is 4. The maximum atomic E-state index is 12.2. The van der Waals surface area contributed by atoms with Crippen molar-refractivity contribution < 1.29 is 48.0 Å². The first-order chi connectivity index (χ1) is 29.7. The monoisotopic (exact) mass is 866 g/mol. The average Bonchev–Trinajstić information content (AvgIpc) is 3.74. The van der Waals surface area contributed by atoms with E-state index in [1.54, 1.807) is 19.4 Å². The summed E-state index contributed by atoms with van der Waals surface area (Å²) in [4.78, 5) is 65.9. The fraction of sp³-hybridized carbons (Fsp3) is 0.826. The van der Waals surface area contributed by atoms with E-state index in [0.29, 0.717) is 77.6 Å². The summed E-state index contributed by atoms with van der Waals surface area (Å²) in [7, 11) is 0. The van der Waals surface area contributed by atoms with Gasteiger partial charge in [0.1, 0.15) is 24.8 Å². The first-order valence-corrected chi connectivity index (χ1v) is 23.5. The van der Waals surface area contributed by atoms with Crippen molar-refractivity contribution in [3.8, 4) is 0 Å². The Kier molecular flexibility index (Phi) is 37.3. The molecule has 1 heterocycles. The largest absolute Gasteiger partial charge is 0.481 e. The van der Waals surface area contributed by atoms with E-state index in [9.17, 15) is 24.0 Å². The number of nitrogens with two attached hydrogens (primary N) is 1. The molecule has 0 saturated carbocycles. The summed E-state index contributed by atoms with van der Waals surface area (Å²) in [6.45, 7) is 4.42. The number of hydrogen-bond acceptors (Lipinski definition) is 11. The summed E-state index contributed by atoms with van der Waals surface area (Å²) in [6, 6.07) is 0.0393. The van der Waals surface area contributed by atoms with Crippen LogP contribution in [0.4, 0.5) is 0 Å². The van der Waals surface area contributed by atoms with Crippen molar-refractivity contribution in [3.63, 3.8) is 0 Å². The van der Waals surface area contributed by atoms with Gasteiger partial charge in [0.05, 0.1) is 39.4 Å². The van der Waals surface area contributed by atoms with Gasteiger partial charge in [-0.1, -0.05) is 89.9 Å². The van der Waals surface area contributed by atoms with Crippen molar-refractivity contribution in [2.45, 2.75) is 173 Å². The molecule has 1 rings (SSSR count). The quantitative estimate of drug-likeness (QED) is 0.0427. The van der Waals surface area contributed by atoms with Gasteiger partial charge in [0.15, 0.2) is 0 Å². The van der Waals surface area contributed by atoms with Crippen LogP contribution >= 0.6 is 0 Å². The molecule has 0 aliphatic rings. The maximum Gasteiger partial charge on any atom is 0.303 e. The van der Waals surface area contributed by atoms with Crippen LogP contribution in [0.25, 0.3) is 0 Å². The Morgan fingerprint density at radius 1 is 0.607 bits per heavy atom. The number of H-pyrrole nitrogens is 1. The van der Waals surface area contributed by atoms with E-state index in [0.717, 1.165) is 82.7 Å². The number of rotatable bonds is 46. The highest BCUT2D eigenvalue weighted by atomic mass is 16.5. The Hall–Kier alpha value is -3.24. The molecule has 0 bridgehead atoms. The minimum absolute atomic E-state index is 0.0211. The number of carboxylic acid groups (broad SMARTS) is 1. The fourth-order valence-corrected chi connectivity index (χ4v) is 7.05. The lowest BCUT2D eigenvalue weighted by molar-refractivity contribution is -0.137. The van der Waals surface area contributed by atoms with Crippen molar-refractivity contribution in [1.82, 2.24) is 20.6 Å². The van der Waals surface area contributed by atoms with Gasteiger partial charge in [0.25, 0.3) is 0 Å². The molecule has 352 valence electrons. The smallest absolute Gasteiger partial charge is 0.303 e. The number of unbranched alkanes of at least 4 members (excludes halogenated alkanes) is 14. The number of nitrogens with one attached hydrogen (secondary N) is 3. The van der Waals surface area contributed by atoms with Gasteiger partial charge in [-0.15, -0.1) is 0 Å². The molecule has 2 amide bonds. The summed E-state index contributed by atoms with van der Waals surface area (Å²) < 4.78 is 21.7. The zero-order valence-electron chi connectivity index (χ0n) is 37.7. The van der Waals surface area contributed by atoms with E-state index in [1.165, 1.54) is 57.8 Å². The van der Waals surface area contributed by atoms with Gasteiger partial charge in [-0.3, -0.25) is 24.0 Å². The SMILES string of the molecule is CC(=O)[C@H](CCCCNC(=O)COCCOCCNC(=O)COCCOCCCC(=O)CCCCCCCCCCCCCCCCC(=O)O)CCC[C@@H](N)Cc1cnc[nH]1. The highest BCUT2D eigenvalue weighted by Gasteiger charge is 2.15. The number of aromatic nitrogens is 2. The number of imidazole rings is 1. The third-order valence-electron chi connectivity index (χ3n) is 10.7. The first kappa shape index (κ1) is 55.8. The maximum absolute atomic E-state index is 12.2. The van der Waals surface area contributed by atoms with Crippen LogP contribution in [0, 0.1) is 5.92 Å². The standard InChI is InChI=1S/C46H83N5O10/c1-39(52)40(21-18-22-41(47)34-42-35-48-38-51-42)20-16-17-26-49-44(54)36-61-33-31-59-29-27-50-45(55)37-60-32-30-58-28-19-24-43(53)23-14-12-10-8-6-4-2-3-5-7-9-11-13-15-25-46(56)57/h35,38,40-41H,2-34,36-37,47H2,1H3,(H,48,51)(H,49,54)(H,50,55)(H,56,57)/t40-,41-/m1/s1. The van der Waals surface area contributed by atoms with Crippen molar-refractivity contribution in [1.29, 1.82) is 0 Å². The van der Waals surface area contributed by atoms with E-state index >= 15 is 0 Å². The van der Waals surface area contributed by atoms with Gasteiger partial charge in [0, 0.05) is 69.2 Å². The number of carbonyl (C=O) groups is 5. The zero-order valence-corrected chi connectivity index (χ0v) is 37.7. The van der Waals surface area contributed by atoms with Crippen molar-refractivity contribution >= 4 is 29.4 Å². The molecule has 0 fully saturated rings. The Morgan fingerprint density at radius 3 is 1.67 bits per heavy atom. The van der Waals surface area contributed by atoms with Crippen LogP contribution < -0.4 is 16.4 Å². The molecule has 15 nitrogen and oxygen atoms in total. The molecule has 0 unspecified atom stereocenters. The Bertz CT molecular complexity index is 1240. The second-order valence-electron chi connectivity index (χ2n) is 16.3. The molecule has 2 atom stereocenters. The molecule has 0 spiro atoms. The molecule has 6 N–H and O–H groups in total. The van der Waals surface area contributed by atoms with Gasteiger partial charge in [0.2, 0.25) is 11.8 Å². The number of aromatic amines is 1. The summed E-state index contributed by atoms with van der Waals surface area (Å²) >= 11 is 0. The Morgan fingerprint density at radius 2 is 1.11 bits per heavy atom. The van der Waals surface area contributed by atoms with E-state index < -0.39 is 5.97 Å². The Labute approximate surface area is 366 Å². The average molecular weight is 866 g/mol. The molecule has 0 saturated heterocycles.